The fourth-order valence-corrected chi connectivity index (χ4v) is 3.26. The summed E-state index contributed by atoms with van der Waals surface area (Å²) in [6, 6.07) is 6.54. The summed E-state index contributed by atoms with van der Waals surface area (Å²) in [7, 11) is 0. The Bertz CT molecular complexity index is 549. The van der Waals surface area contributed by atoms with Gasteiger partial charge < -0.3 is 15.4 Å². The van der Waals surface area contributed by atoms with Gasteiger partial charge in [-0.1, -0.05) is 26.8 Å². The third-order valence-corrected chi connectivity index (χ3v) is 4.93. The molecule has 1 aromatic rings. The molecule has 0 bridgehead atoms. The van der Waals surface area contributed by atoms with Crippen LogP contribution in [0.25, 0.3) is 0 Å². The number of carbonyl (C=O) groups excluding carboxylic acids is 1. The molecule has 1 fully saturated rings. The van der Waals surface area contributed by atoms with Gasteiger partial charge in [-0.25, -0.2) is 0 Å². The highest BCUT2D eigenvalue weighted by atomic mass is 79.9. The molecule has 1 aliphatic heterocycles. The van der Waals surface area contributed by atoms with E-state index < -0.39 is 0 Å². The number of rotatable bonds is 6. The van der Waals surface area contributed by atoms with E-state index in [0.29, 0.717) is 19.1 Å². The molecule has 0 aliphatic carbocycles. The Hall–Kier alpha value is -1.07. The zero-order valence-electron chi connectivity index (χ0n) is 15.0. The van der Waals surface area contributed by atoms with Gasteiger partial charge in [0.05, 0.1) is 11.1 Å². The van der Waals surface area contributed by atoms with Crippen LogP contribution in [0.1, 0.15) is 52.0 Å². The predicted molar refractivity (Wildman–Crippen MR) is 102 cm³/mol. The maximum atomic E-state index is 11.9. The fourth-order valence-electron chi connectivity index (χ4n) is 2.77. The summed E-state index contributed by atoms with van der Waals surface area (Å²) in [4.78, 5) is 11.9. The summed E-state index contributed by atoms with van der Waals surface area (Å²) >= 11 is 3.58. The minimum absolute atomic E-state index is 0.119. The van der Waals surface area contributed by atoms with Crippen molar-refractivity contribution in [2.24, 2.45) is 0 Å². The van der Waals surface area contributed by atoms with Gasteiger partial charge in [-0.3, -0.25) is 4.79 Å². The van der Waals surface area contributed by atoms with E-state index in [4.69, 9.17) is 4.74 Å². The molecule has 0 spiro atoms. The highest BCUT2D eigenvalue weighted by molar-refractivity contribution is 9.10. The fraction of sp³-hybridized carbons (Fsp3) is 0.632. The number of amides is 1. The third kappa shape index (κ3) is 6.10. The van der Waals surface area contributed by atoms with E-state index in [2.05, 4.69) is 59.5 Å². The van der Waals surface area contributed by atoms with Crippen LogP contribution in [-0.4, -0.2) is 31.6 Å². The molecule has 1 saturated heterocycles. The maximum Gasteiger partial charge on any atom is 0.220 e. The Balaban J connectivity index is 1.71. The number of nitrogens with one attached hydrogen (secondary N) is 2. The molecular formula is C19H29BrN2O2. The van der Waals surface area contributed by atoms with Gasteiger partial charge in [0, 0.05) is 12.5 Å². The minimum Gasteiger partial charge on any atom is -0.492 e. The van der Waals surface area contributed by atoms with Crippen molar-refractivity contribution in [2.45, 2.75) is 57.9 Å². The monoisotopic (exact) mass is 396 g/mol. The van der Waals surface area contributed by atoms with E-state index >= 15 is 0 Å². The van der Waals surface area contributed by atoms with Crippen molar-refractivity contribution >= 4 is 21.8 Å². The van der Waals surface area contributed by atoms with Gasteiger partial charge in [0.15, 0.2) is 0 Å². The number of hydrogen-bond acceptors (Lipinski definition) is 3. The molecule has 1 heterocycles. The molecule has 2 N–H and O–H groups in total. The van der Waals surface area contributed by atoms with Crippen molar-refractivity contribution in [1.82, 2.24) is 10.6 Å². The Morgan fingerprint density at radius 3 is 2.67 bits per heavy atom. The number of halogens is 1. The van der Waals surface area contributed by atoms with Gasteiger partial charge >= 0.3 is 0 Å². The van der Waals surface area contributed by atoms with Crippen molar-refractivity contribution in [3.8, 4) is 5.75 Å². The lowest BCUT2D eigenvalue weighted by atomic mass is 9.87. The van der Waals surface area contributed by atoms with E-state index in [1.54, 1.807) is 0 Å². The topological polar surface area (TPSA) is 50.4 Å². The van der Waals surface area contributed by atoms with Crippen molar-refractivity contribution in [2.75, 3.05) is 19.7 Å². The van der Waals surface area contributed by atoms with Gasteiger partial charge in [-0.2, -0.15) is 0 Å². The number of benzene rings is 1. The second-order valence-corrected chi connectivity index (χ2v) is 8.29. The standard InChI is InChI=1S/C19H29BrN2O2/c1-19(2,3)14-6-7-17(16(20)13-14)24-12-4-5-18(23)22-15-8-10-21-11-9-15/h6-7,13,15,21H,4-5,8-12H2,1-3H3,(H,22,23). The van der Waals surface area contributed by atoms with Crippen molar-refractivity contribution in [3.63, 3.8) is 0 Å². The van der Waals surface area contributed by atoms with Gasteiger partial charge in [0.1, 0.15) is 5.75 Å². The summed E-state index contributed by atoms with van der Waals surface area (Å²) in [5, 5.41) is 6.41. The van der Waals surface area contributed by atoms with Gasteiger partial charge in [-0.05, 0) is 71.4 Å². The molecule has 1 aliphatic rings. The minimum atomic E-state index is 0.119. The molecule has 24 heavy (non-hydrogen) atoms. The molecule has 0 unspecified atom stereocenters. The average molecular weight is 397 g/mol. The lowest BCUT2D eigenvalue weighted by Crippen LogP contribution is -2.42. The summed E-state index contributed by atoms with van der Waals surface area (Å²) in [6.45, 7) is 9.11. The first-order valence-corrected chi connectivity index (χ1v) is 9.58. The maximum absolute atomic E-state index is 11.9. The second-order valence-electron chi connectivity index (χ2n) is 7.44. The summed E-state index contributed by atoms with van der Waals surface area (Å²) in [6.07, 6.45) is 3.29. The van der Waals surface area contributed by atoms with Crippen LogP contribution in [0.5, 0.6) is 5.75 Å². The largest absolute Gasteiger partial charge is 0.492 e. The first-order valence-electron chi connectivity index (χ1n) is 8.79. The van der Waals surface area contributed by atoms with Crippen LogP contribution in [0.15, 0.2) is 22.7 Å². The highest BCUT2D eigenvalue weighted by Gasteiger charge is 2.16. The normalized spacial score (nSPS) is 16.0. The molecular weight excluding hydrogens is 368 g/mol. The molecule has 0 atom stereocenters. The predicted octanol–water partition coefficient (Wildman–Crippen LogP) is 3.77. The third-order valence-electron chi connectivity index (χ3n) is 4.31. The smallest absolute Gasteiger partial charge is 0.220 e. The average Bonchev–Trinajstić information content (AvgIpc) is 2.52. The summed E-state index contributed by atoms with van der Waals surface area (Å²) in [5.74, 6) is 0.967. The van der Waals surface area contributed by atoms with Crippen molar-refractivity contribution < 1.29 is 9.53 Å². The van der Waals surface area contributed by atoms with Crippen LogP contribution in [0, 0.1) is 0 Å². The first kappa shape index (κ1) is 19.3. The molecule has 1 aromatic carbocycles. The Labute approximate surface area is 153 Å². The number of hydrogen-bond donors (Lipinski definition) is 2. The van der Waals surface area contributed by atoms with Gasteiger partial charge in [0.2, 0.25) is 5.91 Å². The SMILES string of the molecule is CC(C)(C)c1ccc(OCCCC(=O)NC2CCNCC2)c(Br)c1. The Morgan fingerprint density at radius 2 is 2.04 bits per heavy atom. The van der Waals surface area contributed by atoms with E-state index in [1.807, 2.05) is 6.07 Å². The highest BCUT2D eigenvalue weighted by Crippen LogP contribution is 2.31. The lowest BCUT2D eigenvalue weighted by molar-refractivity contribution is -0.122. The molecule has 2 rings (SSSR count). The molecule has 1 amide bonds. The number of piperidine rings is 1. The van der Waals surface area contributed by atoms with Crippen LogP contribution < -0.4 is 15.4 Å². The molecule has 5 heteroatoms. The zero-order chi connectivity index (χ0) is 17.6. The molecule has 0 aromatic heterocycles. The number of ether oxygens (including phenoxy) is 1. The van der Waals surface area contributed by atoms with E-state index in [1.165, 1.54) is 5.56 Å². The first-order chi connectivity index (χ1) is 11.4. The van der Waals surface area contributed by atoms with Crippen LogP contribution in [0.4, 0.5) is 0 Å². The van der Waals surface area contributed by atoms with E-state index in [-0.39, 0.29) is 11.3 Å². The summed E-state index contributed by atoms with van der Waals surface area (Å²) in [5.41, 5.74) is 1.39. The molecule has 4 nitrogen and oxygen atoms in total. The van der Waals surface area contributed by atoms with Crippen molar-refractivity contribution in [3.05, 3.63) is 28.2 Å². The van der Waals surface area contributed by atoms with Gasteiger partial charge in [0.25, 0.3) is 0 Å². The molecule has 0 radical (unpaired) electrons. The molecule has 134 valence electrons. The van der Waals surface area contributed by atoms with Crippen LogP contribution in [0.2, 0.25) is 0 Å². The zero-order valence-corrected chi connectivity index (χ0v) is 16.5. The Morgan fingerprint density at radius 1 is 1.33 bits per heavy atom. The van der Waals surface area contributed by atoms with E-state index in [9.17, 15) is 4.79 Å². The van der Waals surface area contributed by atoms with E-state index in [0.717, 1.165) is 42.6 Å². The van der Waals surface area contributed by atoms with Crippen LogP contribution in [-0.2, 0) is 10.2 Å². The van der Waals surface area contributed by atoms with Crippen LogP contribution in [0.3, 0.4) is 0 Å². The Kier molecular flexibility index (Phi) is 7.11. The van der Waals surface area contributed by atoms with Gasteiger partial charge in [-0.15, -0.1) is 0 Å². The quantitative estimate of drug-likeness (QED) is 0.719. The lowest BCUT2D eigenvalue weighted by Gasteiger charge is -2.23. The van der Waals surface area contributed by atoms with Crippen LogP contribution >= 0.6 is 15.9 Å². The summed E-state index contributed by atoms with van der Waals surface area (Å²) < 4.78 is 6.77. The second kappa shape index (κ2) is 8.86. The number of carbonyl (C=O) groups is 1. The molecule has 0 saturated carbocycles. The van der Waals surface area contributed by atoms with Crippen molar-refractivity contribution in [1.29, 1.82) is 0 Å².